The largest absolute Gasteiger partial charge is 0.312 e. The van der Waals surface area contributed by atoms with Gasteiger partial charge >= 0.3 is 0 Å². The minimum Gasteiger partial charge on any atom is -0.312 e. The molecule has 0 radical (unpaired) electrons. The summed E-state index contributed by atoms with van der Waals surface area (Å²) in [7, 11) is -3.64. The molecule has 0 saturated heterocycles. The number of sulfone groups is 1. The maximum Gasteiger partial charge on any atom is 0.184 e. The molecule has 1 aliphatic rings. The van der Waals surface area contributed by atoms with E-state index in [9.17, 15) is 13.7 Å². The Hall–Kier alpha value is -2.16. The van der Waals surface area contributed by atoms with Gasteiger partial charge in [0.25, 0.3) is 0 Å². The van der Waals surface area contributed by atoms with Crippen LogP contribution in [0.4, 0.5) is 0 Å². The van der Waals surface area contributed by atoms with Crippen molar-refractivity contribution in [2.45, 2.75) is 28.5 Å². The van der Waals surface area contributed by atoms with Crippen molar-refractivity contribution in [3.63, 3.8) is 0 Å². The molecule has 1 fully saturated rings. The van der Waals surface area contributed by atoms with Crippen LogP contribution in [0.3, 0.4) is 0 Å². The molecular formula is C17H16N2O2S. The first-order valence-electron chi connectivity index (χ1n) is 6.97. The number of benzene rings is 2. The van der Waals surface area contributed by atoms with Crippen molar-refractivity contribution in [3.8, 4) is 6.07 Å². The standard InChI is InChI=1S/C17H16N2O2S/c1-12-7-9-13(10-8-12)15-16(17(15,19)11-18)22(20,21)14-5-3-2-4-6-14/h2-10,15-16H,19H2,1H3/t15-,16+,17+/m1/s1. The van der Waals surface area contributed by atoms with Crippen LogP contribution >= 0.6 is 0 Å². The number of hydrogen-bond donors (Lipinski definition) is 1. The highest BCUT2D eigenvalue weighted by molar-refractivity contribution is 7.92. The number of hydrogen-bond acceptors (Lipinski definition) is 4. The molecule has 5 heteroatoms. The lowest BCUT2D eigenvalue weighted by Gasteiger charge is -2.04. The lowest BCUT2D eigenvalue weighted by atomic mass is 10.1. The van der Waals surface area contributed by atoms with Crippen molar-refractivity contribution >= 4 is 9.84 Å². The van der Waals surface area contributed by atoms with Gasteiger partial charge in [-0.2, -0.15) is 5.26 Å². The lowest BCUT2D eigenvalue weighted by Crippen LogP contribution is -2.29. The molecule has 3 atom stereocenters. The van der Waals surface area contributed by atoms with E-state index in [4.69, 9.17) is 5.73 Å². The summed E-state index contributed by atoms with van der Waals surface area (Å²) < 4.78 is 25.6. The van der Waals surface area contributed by atoms with E-state index in [-0.39, 0.29) is 4.90 Å². The lowest BCUT2D eigenvalue weighted by molar-refractivity contribution is 0.592. The van der Waals surface area contributed by atoms with Gasteiger partial charge in [-0.1, -0.05) is 48.0 Å². The zero-order valence-corrected chi connectivity index (χ0v) is 12.9. The predicted octanol–water partition coefficient (Wildman–Crippen LogP) is 2.16. The van der Waals surface area contributed by atoms with Gasteiger partial charge in [0, 0.05) is 5.92 Å². The maximum absolute atomic E-state index is 12.8. The Labute approximate surface area is 130 Å². The van der Waals surface area contributed by atoms with Gasteiger partial charge in [0.15, 0.2) is 9.84 Å². The van der Waals surface area contributed by atoms with Crippen molar-refractivity contribution < 1.29 is 8.42 Å². The highest BCUT2D eigenvalue weighted by Crippen LogP contribution is 2.55. The molecule has 3 rings (SSSR count). The molecule has 0 aliphatic heterocycles. The molecule has 0 spiro atoms. The summed E-state index contributed by atoms with van der Waals surface area (Å²) in [6.45, 7) is 1.95. The van der Waals surface area contributed by atoms with Crippen molar-refractivity contribution in [2.75, 3.05) is 0 Å². The normalized spacial score (nSPS) is 27.1. The topological polar surface area (TPSA) is 83.9 Å². The van der Waals surface area contributed by atoms with E-state index >= 15 is 0 Å². The van der Waals surface area contributed by atoms with E-state index in [2.05, 4.69) is 0 Å². The van der Waals surface area contributed by atoms with Crippen LogP contribution in [0.1, 0.15) is 17.0 Å². The van der Waals surface area contributed by atoms with Crippen LogP contribution in [0.2, 0.25) is 0 Å². The Morgan fingerprint density at radius 2 is 1.68 bits per heavy atom. The molecule has 0 amide bonds. The Kier molecular flexibility index (Phi) is 3.32. The Balaban J connectivity index is 2.04. The molecule has 0 unspecified atom stereocenters. The quantitative estimate of drug-likeness (QED) is 0.941. The second-order valence-corrected chi connectivity index (χ2v) is 7.78. The molecule has 2 aromatic carbocycles. The number of nitrogens with two attached hydrogens (primary N) is 1. The number of nitrogens with zero attached hydrogens (tertiary/aromatic N) is 1. The van der Waals surface area contributed by atoms with E-state index in [0.717, 1.165) is 11.1 Å². The van der Waals surface area contributed by atoms with Crippen LogP contribution in [-0.4, -0.2) is 19.2 Å². The Bertz CT molecular complexity index is 838. The molecule has 112 valence electrons. The summed E-state index contributed by atoms with van der Waals surface area (Å²) in [5.41, 5.74) is 6.58. The van der Waals surface area contributed by atoms with Crippen LogP contribution < -0.4 is 5.73 Å². The SMILES string of the molecule is Cc1ccc([C@@H]2[C@H](S(=O)(=O)c3ccccc3)[C@]2(N)C#N)cc1. The minimum absolute atomic E-state index is 0.208. The van der Waals surface area contributed by atoms with E-state index in [1.165, 1.54) is 12.1 Å². The molecule has 0 heterocycles. The first-order chi connectivity index (χ1) is 10.4. The third kappa shape index (κ3) is 2.12. The van der Waals surface area contributed by atoms with Gasteiger partial charge < -0.3 is 5.73 Å². The van der Waals surface area contributed by atoms with Crippen molar-refractivity contribution in [1.29, 1.82) is 5.26 Å². The highest BCUT2D eigenvalue weighted by atomic mass is 32.2. The van der Waals surface area contributed by atoms with E-state index in [1.54, 1.807) is 18.2 Å². The number of aryl methyl sites for hydroxylation is 1. The average Bonchev–Trinajstić information content (AvgIpc) is 3.17. The molecule has 1 aliphatic carbocycles. The molecule has 2 aromatic rings. The second kappa shape index (κ2) is 4.94. The highest BCUT2D eigenvalue weighted by Gasteiger charge is 2.70. The Morgan fingerprint density at radius 1 is 1.09 bits per heavy atom. The Morgan fingerprint density at radius 3 is 2.23 bits per heavy atom. The first-order valence-corrected chi connectivity index (χ1v) is 8.51. The minimum atomic E-state index is -3.64. The summed E-state index contributed by atoms with van der Waals surface area (Å²) in [6.07, 6.45) is 0. The number of rotatable bonds is 3. The summed E-state index contributed by atoms with van der Waals surface area (Å²) in [6, 6.07) is 17.7. The van der Waals surface area contributed by atoms with Crippen LogP contribution in [0.25, 0.3) is 0 Å². The second-order valence-electron chi connectivity index (χ2n) is 5.71. The molecule has 0 aromatic heterocycles. The number of nitriles is 1. The summed E-state index contributed by atoms with van der Waals surface area (Å²) >= 11 is 0. The van der Waals surface area contributed by atoms with Crippen LogP contribution in [0, 0.1) is 18.3 Å². The molecule has 22 heavy (non-hydrogen) atoms. The van der Waals surface area contributed by atoms with E-state index in [0.29, 0.717) is 0 Å². The van der Waals surface area contributed by atoms with Gasteiger partial charge in [-0.05, 0) is 24.6 Å². The van der Waals surface area contributed by atoms with Gasteiger partial charge in [-0.15, -0.1) is 0 Å². The zero-order valence-electron chi connectivity index (χ0n) is 12.1. The summed E-state index contributed by atoms with van der Waals surface area (Å²) in [5, 5.41) is 8.49. The van der Waals surface area contributed by atoms with E-state index in [1.807, 2.05) is 37.3 Å². The molecular weight excluding hydrogens is 296 g/mol. The van der Waals surface area contributed by atoms with Crippen LogP contribution in [-0.2, 0) is 9.84 Å². The van der Waals surface area contributed by atoms with Gasteiger partial charge in [0.1, 0.15) is 10.8 Å². The fourth-order valence-electron chi connectivity index (χ4n) is 2.92. The van der Waals surface area contributed by atoms with Crippen LogP contribution in [0.15, 0.2) is 59.5 Å². The summed E-state index contributed by atoms with van der Waals surface area (Å²) in [5.74, 6) is -0.497. The van der Waals surface area contributed by atoms with Crippen molar-refractivity contribution in [2.24, 2.45) is 5.73 Å². The fraction of sp³-hybridized carbons (Fsp3) is 0.235. The molecule has 4 nitrogen and oxygen atoms in total. The fourth-order valence-corrected chi connectivity index (χ4v) is 5.13. The van der Waals surface area contributed by atoms with Crippen molar-refractivity contribution in [3.05, 3.63) is 65.7 Å². The molecule has 0 bridgehead atoms. The first kappa shape index (κ1) is 14.8. The predicted molar refractivity (Wildman–Crippen MR) is 83.9 cm³/mol. The van der Waals surface area contributed by atoms with Gasteiger partial charge in [-0.25, -0.2) is 8.42 Å². The third-order valence-corrected chi connectivity index (χ3v) is 6.48. The van der Waals surface area contributed by atoms with Crippen LogP contribution in [0.5, 0.6) is 0 Å². The van der Waals surface area contributed by atoms with Gasteiger partial charge in [0.05, 0.1) is 11.0 Å². The summed E-state index contributed by atoms with van der Waals surface area (Å²) in [4.78, 5) is 0.208. The third-order valence-electron chi connectivity index (χ3n) is 4.22. The van der Waals surface area contributed by atoms with Gasteiger partial charge in [-0.3, -0.25) is 0 Å². The average molecular weight is 312 g/mol. The zero-order chi connectivity index (χ0) is 16.0. The maximum atomic E-state index is 12.8. The monoisotopic (exact) mass is 312 g/mol. The van der Waals surface area contributed by atoms with Crippen molar-refractivity contribution in [1.82, 2.24) is 0 Å². The molecule has 1 saturated carbocycles. The molecule has 2 N–H and O–H groups in total. The van der Waals surface area contributed by atoms with E-state index < -0.39 is 26.5 Å². The van der Waals surface area contributed by atoms with Gasteiger partial charge in [0.2, 0.25) is 0 Å². The smallest absolute Gasteiger partial charge is 0.184 e.